The van der Waals surface area contributed by atoms with Gasteiger partial charge in [0, 0.05) is 27.8 Å². The predicted octanol–water partition coefficient (Wildman–Crippen LogP) is 3.48. The third kappa shape index (κ3) is 11.2. The zero-order valence-electron chi connectivity index (χ0n) is 33.4. The summed E-state index contributed by atoms with van der Waals surface area (Å²) in [4.78, 5) is 60.1. The predicted molar refractivity (Wildman–Crippen MR) is 200 cm³/mol. The highest BCUT2D eigenvalue weighted by Crippen LogP contribution is 2.30. The first kappa shape index (κ1) is 44.1. The number of hydrogen-bond donors (Lipinski definition) is 3. The molecule has 1 saturated heterocycles. The molecule has 12 nitrogen and oxygen atoms in total. The average molecular weight is 718 g/mol. The first-order valence-electron chi connectivity index (χ1n) is 18.5. The Morgan fingerprint density at radius 3 is 1.96 bits per heavy atom. The maximum atomic E-state index is 14.1. The number of amides is 4. The van der Waals surface area contributed by atoms with E-state index in [-0.39, 0.29) is 53.8 Å². The largest absolute Gasteiger partial charge is 0.386 e. The van der Waals surface area contributed by atoms with Crippen LogP contribution in [0.25, 0.3) is 0 Å². The molecule has 290 valence electrons. The van der Waals surface area contributed by atoms with Gasteiger partial charge < -0.3 is 35.0 Å². The van der Waals surface area contributed by atoms with Crippen LogP contribution in [0.15, 0.2) is 30.3 Å². The summed E-state index contributed by atoms with van der Waals surface area (Å²) in [7, 11) is 8.54. The molecule has 1 aromatic carbocycles. The van der Waals surface area contributed by atoms with E-state index < -0.39 is 48.4 Å². The molecule has 4 amide bonds. The third-order valence-corrected chi connectivity index (χ3v) is 10.7. The lowest BCUT2D eigenvalue weighted by Crippen LogP contribution is -2.62. The number of likely N-dealkylation sites (tertiary alicyclic amines) is 1. The highest BCUT2D eigenvalue weighted by Gasteiger charge is 2.45. The molecule has 0 aliphatic carbocycles. The van der Waals surface area contributed by atoms with Crippen molar-refractivity contribution >= 4 is 23.6 Å². The molecule has 51 heavy (non-hydrogen) atoms. The molecule has 10 atom stereocenters. The molecule has 2 rings (SSSR count). The van der Waals surface area contributed by atoms with Crippen molar-refractivity contribution in [1.82, 2.24) is 25.3 Å². The van der Waals surface area contributed by atoms with E-state index in [0.717, 1.165) is 6.42 Å². The standard InChI is InChI=1S/C39H67N5O7/c1-14-25(6)34(43(11)39(49)32(23(2)3)41-38(48)33(24(4)5)42(9)10)30(50-12)22-31(45)44-21-20-29(44)36(51-13)26(7)37(47)40-27(8)35(46)28-18-16-15-17-19-28/h15-19,23-27,29-30,32-36,46H,14,20-22H2,1-13H3,(H,40,47)(H,41,48)/t25?,26-,27?,29+,30-,32+,33+,34+,35-,36-/m1/s1. The maximum Gasteiger partial charge on any atom is 0.245 e. The average Bonchev–Trinajstić information content (AvgIpc) is 3.06. The summed E-state index contributed by atoms with van der Waals surface area (Å²) in [6.07, 6.45) is -0.597. The lowest BCUT2D eigenvalue weighted by atomic mass is 9.86. The van der Waals surface area contributed by atoms with Gasteiger partial charge in [0.2, 0.25) is 23.6 Å². The van der Waals surface area contributed by atoms with E-state index in [2.05, 4.69) is 10.6 Å². The van der Waals surface area contributed by atoms with E-state index in [0.29, 0.717) is 18.5 Å². The van der Waals surface area contributed by atoms with Gasteiger partial charge in [-0.1, -0.05) is 85.2 Å². The number of aliphatic hydroxyl groups excluding tert-OH is 1. The first-order valence-corrected chi connectivity index (χ1v) is 18.5. The van der Waals surface area contributed by atoms with Gasteiger partial charge in [-0.2, -0.15) is 0 Å². The van der Waals surface area contributed by atoms with E-state index in [1.54, 1.807) is 44.9 Å². The number of aliphatic hydroxyl groups is 1. The minimum absolute atomic E-state index is 0.0127. The summed E-state index contributed by atoms with van der Waals surface area (Å²) in [5.41, 5.74) is 0.710. The van der Waals surface area contributed by atoms with Crippen LogP contribution in [0.5, 0.6) is 0 Å². The molecule has 0 saturated carbocycles. The zero-order chi connectivity index (χ0) is 38.7. The van der Waals surface area contributed by atoms with Gasteiger partial charge in [0.25, 0.3) is 0 Å². The van der Waals surface area contributed by atoms with E-state index >= 15 is 0 Å². The van der Waals surface area contributed by atoms with Gasteiger partial charge in [0.1, 0.15) is 6.04 Å². The summed E-state index contributed by atoms with van der Waals surface area (Å²) in [5.74, 6) is -1.57. The fourth-order valence-electron chi connectivity index (χ4n) is 7.40. The Labute approximate surface area is 307 Å². The monoisotopic (exact) mass is 718 g/mol. The molecule has 1 fully saturated rings. The number of rotatable bonds is 20. The Morgan fingerprint density at radius 2 is 1.51 bits per heavy atom. The van der Waals surface area contributed by atoms with E-state index in [9.17, 15) is 24.3 Å². The summed E-state index contributed by atoms with van der Waals surface area (Å²) in [6, 6.07) is 6.73. The number of likely N-dealkylation sites (N-methyl/N-ethyl adjacent to an activating group) is 2. The molecule has 0 aromatic heterocycles. The van der Waals surface area contributed by atoms with Crippen molar-refractivity contribution in [3.8, 4) is 0 Å². The van der Waals surface area contributed by atoms with Crippen LogP contribution in [0, 0.1) is 23.7 Å². The van der Waals surface area contributed by atoms with Gasteiger partial charge in [0.05, 0.1) is 54.8 Å². The Balaban J connectivity index is 2.20. The molecule has 0 bridgehead atoms. The smallest absolute Gasteiger partial charge is 0.245 e. The van der Waals surface area contributed by atoms with Crippen molar-refractivity contribution in [3.63, 3.8) is 0 Å². The van der Waals surface area contributed by atoms with Crippen LogP contribution in [0.4, 0.5) is 0 Å². The lowest BCUT2D eigenvalue weighted by molar-refractivity contribution is -0.156. The topological polar surface area (TPSA) is 141 Å². The van der Waals surface area contributed by atoms with Gasteiger partial charge in [-0.25, -0.2) is 0 Å². The van der Waals surface area contributed by atoms with E-state index in [1.807, 2.05) is 90.9 Å². The fourth-order valence-corrected chi connectivity index (χ4v) is 7.40. The van der Waals surface area contributed by atoms with Crippen LogP contribution in [0.1, 0.15) is 86.3 Å². The minimum Gasteiger partial charge on any atom is -0.386 e. The number of benzene rings is 1. The van der Waals surface area contributed by atoms with Crippen LogP contribution in [-0.4, -0.2) is 128 Å². The van der Waals surface area contributed by atoms with Crippen molar-refractivity contribution in [2.24, 2.45) is 23.7 Å². The van der Waals surface area contributed by atoms with Gasteiger partial charge >= 0.3 is 0 Å². The fraction of sp³-hybridized carbons (Fsp3) is 0.744. The van der Waals surface area contributed by atoms with Crippen molar-refractivity contribution in [3.05, 3.63) is 35.9 Å². The van der Waals surface area contributed by atoms with Crippen LogP contribution in [-0.2, 0) is 28.7 Å². The molecule has 3 N–H and O–H groups in total. The Bertz CT molecular complexity index is 1250. The second kappa shape index (κ2) is 20.3. The van der Waals surface area contributed by atoms with Crippen molar-refractivity contribution in [1.29, 1.82) is 0 Å². The highest BCUT2D eigenvalue weighted by atomic mass is 16.5. The molecule has 0 spiro atoms. The minimum atomic E-state index is -0.873. The van der Waals surface area contributed by atoms with Gasteiger partial charge in [-0.3, -0.25) is 24.1 Å². The molecule has 1 heterocycles. The van der Waals surface area contributed by atoms with Crippen molar-refractivity contribution in [2.75, 3.05) is 41.9 Å². The number of carbonyl (C=O) groups excluding carboxylic acids is 4. The highest BCUT2D eigenvalue weighted by molar-refractivity contribution is 5.90. The molecule has 2 unspecified atom stereocenters. The number of methoxy groups -OCH3 is 2. The zero-order valence-corrected chi connectivity index (χ0v) is 33.4. The van der Waals surface area contributed by atoms with E-state index in [1.165, 1.54) is 0 Å². The van der Waals surface area contributed by atoms with Crippen LogP contribution >= 0.6 is 0 Å². The molecule has 1 aliphatic heterocycles. The van der Waals surface area contributed by atoms with Gasteiger partial charge in [-0.15, -0.1) is 0 Å². The maximum absolute atomic E-state index is 14.1. The summed E-state index contributed by atoms with van der Waals surface area (Å²) >= 11 is 0. The quantitative estimate of drug-likeness (QED) is 0.186. The van der Waals surface area contributed by atoms with Crippen LogP contribution in [0.3, 0.4) is 0 Å². The normalized spacial score (nSPS) is 20.0. The number of hydrogen-bond acceptors (Lipinski definition) is 8. The lowest BCUT2D eigenvalue weighted by Gasteiger charge is -2.47. The Kier molecular flexibility index (Phi) is 17.5. The van der Waals surface area contributed by atoms with Gasteiger partial charge in [0.15, 0.2) is 0 Å². The summed E-state index contributed by atoms with van der Waals surface area (Å²) in [6.45, 7) is 15.9. The molecular formula is C39H67N5O7. The number of carbonyl (C=O) groups is 4. The van der Waals surface area contributed by atoms with E-state index in [4.69, 9.17) is 9.47 Å². The third-order valence-electron chi connectivity index (χ3n) is 10.7. The Morgan fingerprint density at radius 1 is 0.902 bits per heavy atom. The number of nitrogens with one attached hydrogen (secondary N) is 2. The molecule has 1 aromatic rings. The molecule has 12 heteroatoms. The number of ether oxygens (including phenoxy) is 2. The Hall–Kier alpha value is -3.06. The summed E-state index contributed by atoms with van der Waals surface area (Å²) < 4.78 is 11.8. The molecule has 1 aliphatic rings. The van der Waals surface area contributed by atoms with Gasteiger partial charge in [-0.05, 0) is 50.8 Å². The number of nitrogens with zero attached hydrogens (tertiary/aromatic N) is 3. The van der Waals surface area contributed by atoms with Crippen molar-refractivity contribution in [2.45, 2.75) is 123 Å². The SMILES string of the molecule is CCC(C)[C@@H]([C@@H](CC(=O)N1CC[C@H]1[C@H](OC)[C@@H](C)C(=O)NC(C)[C@@H](O)c1ccccc1)OC)N(C)C(=O)[C@@H](NC(=O)[C@H](C(C)C)N(C)C)C(C)C. The van der Waals surface area contributed by atoms with Crippen LogP contribution in [0.2, 0.25) is 0 Å². The molecular weight excluding hydrogens is 650 g/mol. The van der Waals surface area contributed by atoms with Crippen molar-refractivity contribution < 1.29 is 33.8 Å². The van der Waals surface area contributed by atoms with Crippen LogP contribution < -0.4 is 10.6 Å². The second-order valence-corrected chi connectivity index (χ2v) is 15.3. The first-order chi connectivity index (χ1) is 23.9. The molecule has 0 radical (unpaired) electrons. The summed E-state index contributed by atoms with van der Waals surface area (Å²) in [5, 5.41) is 16.7. The second-order valence-electron chi connectivity index (χ2n) is 15.3.